The Bertz CT molecular complexity index is 554. The zero-order valence-corrected chi connectivity index (χ0v) is 11.5. The lowest BCUT2D eigenvalue weighted by molar-refractivity contribution is 0.153. The van der Waals surface area contributed by atoms with E-state index >= 15 is 0 Å². The summed E-state index contributed by atoms with van der Waals surface area (Å²) in [5.41, 5.74) is 8.81. The molecule has 0 aliphatic carbocycles. The van der Waals surface area contributed by atoms with Crippen molar-refractivity contribution in [2.45, 2.75) is 13.0 Å². The minimum Gasteiger partial charge on any atom is -0.364 e. The molecule has 2 aromatic rings. The number of nitrogens with zero attached hydrogens (tertiary/aromatic N) is 1. The van der Waals surface area contributed by atoms with E-state index in [1.54, 1.807) is 11.3 Å². The van der Waals surface area contributed by atoms with Crippen molar-refractivity contribution < 1.29 is 4.74 Å². The van der Waals surface area contributed by atoms with Crippen molar-refractivity contribution in [2.24, 2.45) is 5.73 Å². The Morgan fingerprint density at radius 3 is 2.79 bits per heavy atom. The Morgan fingerprint density at radius 2 is 2.11 bits per heavy atom. The Labute approximate surface area is 117 Å². The molecule has 4 heteroatoms. The summed E-state index contributed by atoms with van der Waals surface area (Å²) in [6, 6.07) is 8.19. The highest BCUT2D eigenvalue weighted by Gasteiger charge is 2.04. The van der Waals surface area contributed by atoms with Crippen LogP contribution in [0.3, 0.4) is 0 Å². The average molecular weight is 272 g/mol. The van der Waals surface area contributed by atoms with Gasteiger partial charge in [0, 0.05) is 17.4 Å². The van der Waals surface area contributed by atoms with E-state index in [9.17, 15) is 0 Å². The quantitative estimate of drug-likeness (QED) is 0.649. The van der Waals surface area contributed by atoms with E-state index in [1.807, 2.05) is 12.1 Å². The lowest BCUT2D eigenvalue weighted by Crippen LogP contribution is -2.02. The van der Waals surface area contributed by atoms with Gasteiger partial charge in [0.2, 0.25) is 0 Å². The van der Waals surface area contributed by atoms with E-state index in [0.717, 1.165) is 28.2 Å². The molecule has 0 saturated carbocycles. The van der Waals surface area contributed by atoms with Gasteiger partial charge in [-0.1, -0.05) is 30.2 Å². The largest absolute Gasteiger partial charge is 0.364 e. The van der Waals surface area contributed by atoms with Crippen molar-refractivity contribution in [3.63, 3.8) is 0 Å². The van der Waals surface area contributed by atoms with E-state index in [-0.39, 0.29) is 0 Å². The number of hydrogen-bond acceptors (Lipinski definition) is 4. The van der Waals surface area contributed by atoms with Crippen molar-refractivity contribution in [3.8, 4) is 22.9 Å². The topological polar surface area (TPSA) is 48.1 Å². The zero-order valence-electron chi connectivity index (χ0n) is 10.6. The summed E-state index contributed by atoms with van der Waals surface area (Å²) in [5.74, 6) is 2.45. The monoisotopic (exact) mass is 272 g/mol. The van der Waals surface area contributed by atoms with E-state index in [0.29, 0.717) is 19.8 Å². The standard InChI is InChI=1S/C15H16N2OS/c1-2-9-18-10-12-3-5-13(6-4-12)15-17-14(7-8-16)11-19-15/h1,3-6,11H,7-10,16H2. The van der Waals surface area contributed by atoms with E-state index < -0.39 is 0 Å². The number of terminal acetylenes is 1. The molecule has 1 aromatic carbocycles. The minimum atomic E-state index is 0.344. The van der Waals surface area contributed by atoms with Crippen LogP contribution in [0.5, 0.6) is 0 Å². The number of nitrogens with two attached hydrogens (primary N) is 1. The Morgan fingerprint density at radius 1 is 1.32 bits per heavy atom. The second-order valence-corrected chi connectivity index (χ2v) is 4.93. The first-order valence-corrected chi connectivity index (χ1v) is 6.96. The van der Waals surface area contributed by atoms with Gasteiger partial charge in [-0.2, -0.15) is 0 Å². The second kappa shape index (κ2) is 7.05. The number of hydrogen-bond donors (Lipinski definition) is 1. The molecule has 2 N–H and O–H groups in total. The predicted molar refractivity (Wildman–Crippen MR) is 78.8 cm³/mol. The SMILES string of the molecule is C#CCOCc1ccc(-c2nc(CCN)cs2)cc1. The zero-order chi connectivity index (χ0) is 13.5. The van der Waals surface area contributed by atoms with Crippen molar-refractivity contribution >= 4 is 11.3 Å². The highest BCUT2D eigenvalue weighted by molar-refractivity contribution is 7.13. The highest BCUT2D eigenvalue weighted by atomic mass is 32.1. The molecule has 1 aromatic heterocycles. The third-order valence-electron chi connectivity index (χ3n) is 2.61. The fraction of sp³-hybridized carbons (Fsp3) is 0.267. The van der Waals surface area contributed by atoms with Crippen LogP contribution in [0.25, 0.3) is 10.6 Å². The van der Waals surface area contributed by atoms with Crippen LogP contribution in [0.4, 0.5) is 0 Å². The molecule has 0 fully saturated rings. The summed E-state index contributed by atoms with van der Waals surface area (Å²) in [5, 5.41) is 3.09. The molecule has 0 atom stereocenters. The molecule has 3 nitrogen and oxygen atoms in total. The summed E-state index contributed by atoms with van der Waals surface area (Å²) in [7, 11) is 0. The molecule has 98 valence electrons. The van der Waals surface area contributed by atoms with Gasteiger partial charge in [0.05, 0.1) is 12.3 Å². The van der Waals surface area contributed by atoms with Gasteiger partial charge in [0.1, 0.15) is 11.6 Å². The summed E-state index contributed by atoms with van der Waals surface area (Å²) in [4.78, 5) is 4.56. The third-order valence-corrected chi connectivity index (χ3v) is 3.55. The molecule has 0 bridgehead atoms. The van der Waals surface area contributed by atoms with Gasteiger partial charge in [-0.3, -0.25) is 0 Å². The Balaban J connectivity index is 2.02. The van der Waals surface area contributed by atoms with Gasteiger partial charge >= 0.3 is 0 Å². The van der Waals surface area contributed by atoms with E-state index in [1.165, 1.54) is 0 Å². The number of rotatable bonds is 6. The second-order valence-electron chi connectivity index (χ2n) is 4.08. The smallest absolute Gasteiger partial charge is 0.123 e. The number of thiazole rings is 1. The van der Waals surface area contributed by atoms with Gasteiger partial charge in [0.15, 0.2) is 0 Å². The summed E-state index contributed by atoms with van der Waals surface area (Å²) >= 11 is 1.65. The molecule has 0 saturated heterocycles. The summed E-state index contributed by atoms with van der Waals surface area (Å²) in [6.07, 6.45) is 5.96. The van der Waals surface area contributed by atoms with Crippen molar-refractivity contribution in [1.29, 1.82) is 0 Å². The van der Waals surface area contributed by atoms with Crippen molar-refractivity contribution in [3.05, 3.63) is 40.9 Å². The maximum atomic E-state index is 5.52. The van der Waals surface area contributed by atoms with Crippen LogP contribution in [0, 0.1) is 12.3 Å². The van der Waals surface area contributed by atoms with E-state index in [4.69, 9.17) is 16.9 Å². The highest BCUT2D eigenvalue weighted by Crippen LogP contribution is 2.24. The molecule has 0 amide bonds. The lowest BCUT2D eigenvalue weighted by Gasteiger charge is -2.02. The van der Waals surface area contributed by atoms with Crippen LogP contribution < -0.4 is 5.73 Å². The molecule has 2 rings (SSSR count). The van der Waals surface area contributed by atoms with Crippen molar-refractivity contribution in [2.75, 3.05) is 13.2 Å². The predicted octanol–water partition coefficient (Wildman–Crippen LogP) is 2.46. The molecular weight excluding hydrogens is 256 g/mol. The molecule has 0 aliphatic rings. The maximum absolute atomic E-state index is 5.52. The Kier molecular flexibility index (Phi) is 5.10. The van der Waals surface area contributed by atoms with Crippen molar-refractivity contribution in [1.82, 2.24) is 4.98 Å². The fourth-order valence-electron chi connectivity index (χ4n) is 1.67. The lowest BCUT2D eigenvalue weighted by atomic mass is 10.1. The van der Waals surface area contributed by atoms with Gasteiger partial charge in [0.25, 0.3) is 0 Å². The molecule has 19 heavy (non-hydrogen) atoms. The Hall–Kier alpha value is -1.67. The van der Waals surface area contributed by atoms with Gasteiger partial charge in [-0.15, -0.1) is 17.8 Å². The van der Waals surface area contributed by atoms with Gasteiger partial charge in [-0.05, 0) is 12.1 Å². The van der Waals surface area contributed by atoms with Gasteiger partial charge < -0.3 is 10.5 Å². The first-order valence-electron chi connectivity index (χ1n) is 6.08. The van der Waals surface area contributed by atoms with Crippen LogP contribution >= 0.6 is 11.3 Å². The molecular formula is C15H16N2OS. The first-order chi connectivity index (χ1) is 9.33. The number of aromatic nitrogens is 1. The fourth-order valence-corrected chi connectivity index (χ4v) is 2.53. The molecule has 0 spiro atoms. The first kappa shape index (κ1) is 13.8. The third kappa shape index (κ3) is 3.90. The summed E-state index contributed by atoms with van der Waals surface area (Å²) < 4.78 is 5.29. The number of benzene rings is 1. The minimum absolute atomic E-state index is 0.344. The van der Waals surface area contributed by atoms with Crippen LogP contribution in [-0.2, 0) is 17.8 Å². The normalized spacial score (nSPS) is 10.3. The van der Waals surface area contributed by atoms with E-state index in [2.05, 4.69) is 28.4 Å². The molecule has 0 aliphatic heterocycles. The van der Waals surface area contributed by atoms with Crippen LogP contribution in [-0.4, -0.2) is 18.1 Å². The van der Waals surface area contributed by atoms with Crippen LogP contribution in [0.15, 0.2) is 29.6 Å². The molecule has 1 heterocycles. The number of ether oxygens (including phenoxy) is 1. The maximum Gasteiger partial charge on any atom is 0.123 e. The average Bonchev–Trinajstić information content (AvgIpc) is 2.89. The molecule has 0 radical (unpaired) electrons. The van der Waals surface area contributed by atoms with Crippen LogP contribution in [0.1, 0.15) is 11.3 Å². The molecule has 0 unspecified atom stereocenters. The van der Waals surface area contributed by atoms with Crippen LogP contribution in [0.2, 0.25) is 0 Å². The van der Waals surface area contributed by atoms with Gasteiger partial charge in [-0.25, -0.2) is 4.98 Å². The summed E-state index contributed by atoms with van der Waals surface area (Å²) in [6.45, 7) is 1.52.